The molecule has 0 aromatic rings. The van der Waals surface area contributed by atoms with Gasteiger partial charge in [0.15, 0.2) is 0 Å². The van der Waals surface area contributed by atoms with Gasteiger partial charge in [0.25, 0.3) is 0 Å². The van der Waals surface area contributed by atoms with Crippen molar-refractivity contribution < 1.29 is 0 Å². The lowest BCUT2D eigenvalue weighted by Gasteiger charge is -2.21. The Hall–Kier alpha value is -0.0400. The summed E-state index contributed by atoms with van der Waals surface area (Å²) in [5.41, 5.74) is 0. The average molecular weight is 211 g/mol. The van der Waals surface area contributed by atoms with Gasteiger partial charge in [-0.25, -0.2) is 0 Å². The second kappa shape index (κ2) is 7.27. The summed E-state index contributed by atoms with van der Waals surface area (Å²) >= 11 is 0. The SMILES string of the molecule is CCCCCC1CCCC1CNC(C)C. The molecule has 1 saturated carbocycles. The van der Waals surface area contributed by atoms with E-state index in [4.69, 9.17) is 0 Å². The molecule has 2 unspecified atom stereocenters. The topological polar surface area (TPSA) is 12.0 Å². The van der Waals surface area contributed by atoms with Gasteiger partial charge in [-0.2, -0.15) is 0 Å². The summed E-state index contributed by atoms with van der Waals surface area (Å²) < 4.78 is 0. The van der Waals surface area contributed by atoms with Crippen molar-refractivity contribution in [3.8, 4) is 0 Å². The maximum absolute atomic E-state index is 3.61. The molecule has 15 heavy (non-hydrogen) atoms. The molecule has 1 N–H and O–H groups in total. The molecule has 1 aliphatic rings. The highest BCUT2D eigenvalue weighted by Crippen LogP contribution is 2.34. The molecule has 0 aliphatic heterocycles. The molecule has 0 heterocycles. The van der Waals surface area contributed by atoms with Crippen LogP contribution in [-0.4, -0.2) is 12.6 Å². The van der Waals surface area contributed by atoms with Gasteiger partial charge >= 0.3 is 0 Å². The van der Waals surface area contributed by atoms with E-state index < -0.39 is 0 Å². The summed E-state index contributed by atoms with van der Waals surface area (Å²) in [7, 11) is 0. The average Bonchev–Trinajstić information content (AvgIpc) is 2.63. The molecular formula is C14H29N. The standard InChI is InChI=1S/C14H29N/c1-4-5-6-8-13-9-7-10-14(13)11-15-12(2)3/h12-15H,4-11H2,1-3H3. The third-order valence-electron chi connectivity index (χ3n) is 3.78. The van der Waals surface area contributed by atoms with Crippen molar-refractivity contribution in [2.24, 2.45) is 11.8 Å². The van der Waals surface area contributed by atoms with Crippen LogP contribution in [0.4, 0.5) is 0 Å². The van der Waals surface area contributed by atoms with Gasteiger partial charge in [-0.3, -0.25) is 0 Å². The summed E-state index contributed by atoms with van der Waals surface area (Å²) in [6, 6.07) is 0.655. The third-order valence-corrected chi connectivity index (χ3v) is 3.78. The smallest absolute Gasteiger partial charge is 0.00104 e. The molecule has 0 saturated heterocycles. The van der Waals surface area contributed by atoms with Gasteiger partial charge in [0.2, 0.25) is 0 Å². The molecule has 1 aliphatic carbocycles. The van der Waals surface area contributed by atoms with Crippen LogP contribution >= 0.6 is 0 Å². The number of unbranched alkanes of at least 4 members (excludes halogenated alkanes) is 2. The van der Waals surface area contributed by atoms with Crippen LogP contribution in [0.3, 0.4) is 0 Å². The monoisotopic (exact) mass is 211 g/mol. The van der Waals surface area contributed by atoms with Crippen molar-refractivity contribution >= 4 is 0 Å². The van der Waals surface area contributed by atoms with Crippen LogP contribution in [0.15, 0.2) is 0 Å². The minimum absolute atomic E-state index is 0.655. The van der Waals surface area contributed by atoms with Gasteiger partial charge in [-0.15, -0.1) is 0 Å². The highest BCUT2D eigenvalue weighted by Gasteiger charge is 2.26. The molecular weight excluding hydrogens is 182 g/mol. The quantitative estimate of drug-likeness (QED) is 0.628. The first-order valence-corrected chi connectivity index (χ1v) is 6.97. The predicted octanol–water partition coefficient (Wildman–Crippen LogP) is 3.98. The van der Waals surface area contributed by atoms with E-state index in [1.54, 1.807) is 0 Å². The van der Waals surface area contributed by atoms with Gasteiger partial charge in [-0.05, 0) is 24.8 Å². The fourth-order valence-corrected chi connectivity index (χ4v) is 2.81. The second-order valence-corrected chi connectivity index (χ2v) is 5.51. The minimum Gasteiger partial charge on any atom is -0.314 e. The molecule has 0 amide bonds. The van der Waals surface area contributed by atoms with E-state index in [-0.39, 0.29) is 0 Å². The van der Waals surface area contributed by atoms with Crippen LogP contribution in [-0.2, 0) is 0 Å². The Morgan fingerprint density at radius 3 is 2.53 bits per heavy atom. The van der Waals surface area contributed by atoms with E-state index in [1.807, 2.05) is 0 Å². The van der Waals surface area contributed by atoms with Crippen LogP contribution in [0.1, 0.15) is 65.7 Å². The highest BCUT2D eigenvalue weighted by molar-refractivity contribution is 4.79. The lowest BCUT2D eigenvalue weighted by molar-refractivity contribution is 0.329. The fourth-order valence-electron chi connectivity index (χ4n) is 2.81. The number of nitrogens with one attached hydrogen (secondary N) is 1. The molecule has 1 rings (SSSR count). The van der Waals surface area contributed by atoms with E-state index in [0.717, 1.165) is 11.8 Å². The van der Waals surface area contributed by atoms with Gasteiger partial charge in [-0.1, -0.05) is 59.3 Å². The molecule has 0 bridgehead atoms. The van der Waals surface area contributed by atoms with E-state index >= 15 is 0 Å². The molecule has 0 radical (unpaired) electrons. The van der Waals surface area contributed by atoms with Gasteiger partial charge in [0.1, 0.15) is 0 Å². The van der Waals surface area contributed by atoms with Crippen molar-refractivity contribution in [1.82, 2.24) is 5.32 Å². The van der Waals surface area contributed by atoms with Crippen molar-refractivity contribution in [3.05, 3.63) is 0 Å². The van der Waals surface area contributed by atoms with Crippen LogP contribution in [0.5, 0.6) is 0 Å². The van der Waals surface area contributed by atoms with Crippen molar-refractivity contribution in [2.75, 3.05) is 6.54 Å². The molecule has 90 valence electrons. The summed E-state index contributed by atoms with van der Waals surface area (Å²) in [6.07, 6.45) is 10.2. The zero-order valence-corrected chi connectivity index (χ0v) is 10.9. The fraction of sp³-hybridized carbons (Fsp3) is 1.00. The van der Waals surface area contributed by atoms with E-state index in [2.05, 4.69) is 26.1 Å². The first kappa shape index (κ1) is 13.0. The van der Waals surface area contributed by atoms with Crippen LogP contribution in [0.25, 0.3) is 0 Å². The van der Waals surface area contributed by atoms with Gasteiger partial charge in [0, 0.05) is 6.04 Å². The van der Waals surface area contributed by atoms with Gasteiger partial charge in [0.05, 0.1) is 0 Å². The Labute approximate surface area is 96.0 Å². The Morgan fingerprint density at radius 2 is 1.87 bits per heavy atom. The Balaban J connectivity index is 2.17. The summed E-state index contributed by atoms with van der Waals surface area (Å²) in [5, 5.41) is 3.61. The minimum atomic E-state index is 0.655. The molecule has 0 aromatic heterocycles. The maximum atomic E-state index is 3.61. The van der Waals surface area contributed by atoms with E-state index in [1.165, 1.54) is 51.5 Å². The zero-order chi connectivity index (χ0) is 11.1. The van der Waals surface area contributed by atoms with E-state index in [0.29, 0.717) is 6.04 Å². The third kappa shape index (κ3) is 5.01. The summed E-state index contributed by atoms with van der Waals surface area (Å²) in [5.74, 6) is 2.01. The molecule has 0 aromatic carbocycles. The lowest BCUT2D eigenvalue weighted by atomic mass is 9.90. The number of hydrogen-bond acceptors (Lipinski definition) is 1. The zero-order valence-electron chi connectivity index (χ0n) is 10.9. The highest BCUT2D eigenvalue weighted by atomic mass is 14.9. The molecule has 0 spiro atoms. The Kier molecular flexibility index (Phi) is 6.31. The molecule has 1 nitrogen and oxygen atoms in total. The van der Waals surface area contributed by atoms with Crippen molar-refractivity contribution in [3.63, 3.8) is 0 Å². The normalized spacial score (nSPS) is 26.4. The lowest BCUT2D eigenvalue weighted by Crippen LogP contribution is -2.30. The molecule has 2 atom stereocenters. The van der Waals surface area contributed by atoms with Crippen LogP contribution in [0, 0.1) is 11.8 Å². The van der Waals surface area contributed by atoms with Crippen LogP contribution in [0.2, 0.25) is 0 Å². The van der Waals surface area contributed by atoms with Crippen molar-refractivity contribution in [2.45, 2.75) is 71.8 Å². The maximum Gasteiger partial charge on any atom is 0.00104 e. The Morgan fingerprint density at radius 1 is 1.13 bits per heavy atom. The number of rotatable bonds is 7. The van der Waals surface area contributed by atoms with Crippen LogP contribution < -0.4 is 5.32 Å². The number of hydrogen-bond donors (Lipinski definition) is 1. The van der Waals surface area contributed by atoms with E-state index in [9.17, 15) is 0 Å². The molecule has 1 heteroatoms. The summed E-state index contributed by atoms with van der Waals surface area (Å²) in [6.45, 7) is 8.06. The molecule has 1 fully saturated rings. The largest absolute Gasteiger partial charge is 0.314 e. The summed E-state index contributed by atoms with van der Waals surface area (Å²) in [4.78, 5) is 0. The van der Waals surface area contributed by atoms with Crippen molar-refractivity contribution in [1.29, 1.82) is 0 Å². The first-order chi connectivity index (χ1) is 7.24. The second-order valence-electron chi connectivity index (χ2n) is 5.51. The first-order valence-electron chi connectivity index (χ1n) is 6.97. The van der Waals surface area contributed by atoms with Gasteiger partial charge < -0.3 is 5.32 Å². The predicted molar refractivity (Wildman–Crippen MR) is 68.1 cm³/mol. The Bertz CT molecular complexity index is 153.